The Morgan fingerprint density at radius 1 is 0.941 bits per heavy atom. The first-order chi connectivity index (χ1) is 24.5. The van der Waals surface area contributed by atoms with Crippen molar-refractivity contribution in [3.63, 3.8) is 0 Å². The van der Waals surface area contributed by atoms with E-state index in [9.17, 15) is 27.6 Å². The lowest BCUT2D eigenvalue weighted by Crippen LogP contribution is -2.42. The number of thiazole rings is 1. The lowest BCUT2D eigenvalue weighted by atomic mass is 9.68. The molecule has 8 rings (SSSR count). The van der Waals surface area contributed by atoms with Crippen LogP contribution < -0.4 is 34.4 Å². The Hall–Kier alpha value is -4.64. The summed E-state index contributed by atoms with van der Waals surface area (Å²) in [4.78, 5) is 58.4. The Balaban J connectivity index is 1.05. The zero-order valence-electron chi connectivity index (χ0n) is 27.2. The topological polar surface area (TPSA) is 187 Å². The number of ether oxygens (including phenoxy) is 3. The third-order valence-corrected chi connectivity index (χ3v) is 13.9. The number of H-pyrrole nitrogens is 1. The van der Waals surface area contributed by atoms with Crippen molar-refractivity contribution in [2.75, 3.05) is 31.0 Å². The van der Waals surface area contributed by atoms with Gasteiger partial charge in [-0.2, -0.15) is 0 Å². The van der Waals surface area contributed by atoms with Gasteiger partial charge in [-0.1, -0.05) is 17.4 Å². The number of carbonyl (C=O) groups excluding carboxylic acids is 3. The Kier molecular flexibility index (Phi) is 8.24. The Labute approximate surface area is 300 Å². The predicted octanol–water partition coefficient (Wildman–Crippen LogP) is 3.80. The number of thioether (sulfide) groups is 1. The molecule has 2 bridgehead atoms. The fourth-order valence-corrected chi connectivity index (χ4v) is 11.8. The Morgan fingerprint density at radius 2 is 1.65 bits per heavy atom. The zero-order chi connectivity index (χ0) is 35.8. The highest BCUT2D eigenvalue weighted by molar-refractivity contribution is 8.00. The minimum Gasteiger partial charge on any atom is -0.497 e. The number of carbonyl (C=O) groups is 3. The van der Waals surface area contributed by atoms with Crippen LogP contribution in [-0.4, -0.2) is 57.2 Å². The highest BCUT2D eigenvalue weighted by Crippen LogP contribution is 2.68. The number of hydrogen-bond donors (Lipinski definition) is 3. The number of fused-ring (bicyclic) bond motifs is 9. The largest absolute Gasteiger partial charge is 0.497 e. The molecule has 4 N–H and O–H groups in total. The van der Waals surface area contributed by atoms with Gasteiger partial charge in [0.15, 0.2) is 18.1 Å². The summed E-state index contributed by atoms with van der Waals surface area (Å²) in [6.45, 7) is -0.353. The summed E-state index contributed by atoms with van der Waals surface area (Å²) in [7, 11) is -0.805. The average Bonchev–Trinajstić information content (AvgIpc) is 3.86. The van der Waals surface area contributed by atoms with E-state index in [2.05, 4.69) is 10.3 Å². The van der Waals surface area contributed by atoms with Crippen molar-refractivity contribution >= 4 is 62.2 Å². The lowest BCUT2D eigenvalue weighted by molar-refractivity contribution is -0.123. The lowest BCUT2D eigenvalue weighted by Gasteiger charge is -2.43. The molecule has 2 aliphatic carbocycles. The van der Waals surface area contributed by atoms with Crippen LogP contribution in [0, 0.1) is 29.6 Å². The molecule has 13 nitrogen and oxygen atoms in total. The first-order valence-electron chi connectivity index (χ1n) is 16.1. The summed E-state index contributed by atoms with van der Waals surface area (Å²) in [6, 6.07) is 17.8. The molecule has 3 heterocycles. The summed E-state index contributed by atoms with van der Waals surface area (Å²) in [5.74, 6) is -0.729. The summed E-state index contributed by atoms with van der Waals surface area (Å²) in [6.07, 6.45) is 0.749. The van der Waals surface area contributed by atoms with Crippen molar-refractivity contribution in [1.82, 2.24) is 4.98 Å². The van der Waals surface area contributed by atoms with Crippen molar-refractivity contribution < 1.29 is 37.0 Å². The van der Waals surface area contributed by atoms with E-state index in [0.717, 1.165) is 33.2 Å². The van der Waals surface area contributed by atoms with Gasteiger partial charge in [0.25, 0.3) is 5.91 Å². The van der Waals surface area contributed by atoms with Crippen molar-refractivity contribution in [3.8, 4) is 17.2 Å². The second kappa shape index (κ2) is 12.5. The number of primary sulfonamides is 1. The first kappa shape index (κ1) is 33.5. The number of nitrogens with one attached hydrogen (secondary N) is 2. The molecule has 16 heteroatoms. The number of rotatable bonds is 9. The van der Waals surface area contributed by atoms with Crippen LogP contribution in [-0.2, 0) is 24.4 Å². The van der Waals surface area contributed by atoms with Gasteiger partial charge in [-0.15, -0.1) is 11.8 Å². The van der Waals surface area contributed by atoms with Crippen LogP contribution in [0.2, 0.25) is 0 Å². The second-order valence-corrected chi connectivity index (χ2v) is 16.8. The molecule has 3 fully saturated rings. The van der Waals surface area contributed by atoms with E-state index in [-0.39, 0.29) is 57.1 Å². The summed E-state index contributed by atoms with van der Waals surface area (Å²) < 4.78 is 39.8. The monoisotopic (exact) mass is 748 g/mol. The molecule has 3 aromatic carbocycles. The quantitative estimate of drug-likeness (QED) is 0.213. The number of sulfonamides is 1. The van der Waals surface area contributed by atoms with E-state index >= 15 is 0 Å². The van der Waals surface area contributed by atoms with Gasteiger partial charge in [0.1, 0.15) is 5.75 Å². The Morgan fingerprint density at radius 3 is 2.31 bits per heavy atom. The minimum absolute atomic E-state index is 0.0104. The first-order valence-corrected chi connectivity index (χ1v) is 19.4. The molecule has 0 radical (unpaired) electrons. The molecule has 264 valence electrons. The van der Waals surface area contributed by atoms with Gasteiger partial charge >= 0.3 is 4.87 Å². The maximum absolute atomic E-state index is 14.1. The maximum atomic E-state index is 14.1. The molecule has 0 spiro atoms. The van der Waals surface area contributed by atoms with Gasteiger partial charge in [0.2, 0.25) is 21.8 Å². The number of amides is 3. The third-order valence-electron chi connectivity index (χ3n) is 10.4. The minimum atomic E-state index is -3.86. The van der Waals surface area contributed by atoms with Crippen LogP contribution in [0.3, 0.4) is 0 Å². The number of anilines is 2. The van der Waals surface area contributed by atoms with Crippen molar-refractivity contribution in [1.29, 1.82) is 0 Å². The fraction of sp³-hybridized carbons (Fsp3) is 0.314. The smallest absolute Gasteiger partial charge is 0.305 e. The molecule has 3 amide bonds. The maximum Gasteiger partial charge on any atom is 0.305 e. The van der Waals surface area contributed by atoms with Crippen LogP contribution in [0.5, 0.6) is 17.2 Å². The molecule has 7 atom stereocenters. The third kappa shape index (κ3) is 5.60. The zero-order valence-corrected chi connectivity index (χ0v) is 29.7. The van der Waals surface area contributed by atoms with E-state index in [1.807, 2.05) is 12.1 Å². The van der Waals surface area contributed by atoms with Crippen molar-refractivity contribution in [2.45, 2.75) is 27.5 Å². The molecule has 51 heavy (non-hydrogen) atoms. The molecule has 6 unspecified atom stereocenters. The Bertz CT molecular complexity index is 2240. The number of nitrogens with zero attached hydrogens (tertiary/aromatic N) is 1. The van der Waals surface area contributed by atoms with Crippen molar-refractivity contribution in [3.05, 3.63) is 86.8 Å². The number of methoxy groups -OCH3 is 2. The van der Waals surface area contributed by atoms with Crippen LogP contribution in [0.15, 0.2) is 81.4 Å². The average molecular weight is 749 g/mol. The summed E-state index contributed by atoms with van der Waals surface area (Å²) in [5.41, 5.74) is 1.77. The van der Waals surface area contributed by atoms with Crippen LogP contribution in [0.25, 0.3) is 0 Å². The molecule has 4 aromatic rings. The van der Waals surface area contributed by atoms with E-state index < -0.39 is 27.8 Å². The molecule has 1 aromatic heterocycles. The van der Waals surface area contributed by atoms with Gasteiger partial charge in [-0.05, 0) is 90.4 Å². The van der Waals surface area contributed by atoms with Gasteiger partial charge in [0.05, 0.1) is 41.7 Å². The molecule has 1 saturated heterocycles. The summed E-state index contributed by atoms with van der Waals surface area (Å²) >= 11 is 2.77. The standard InChI is InChI=1S/C35H32N4O9S3/c1-46-19-8-6-18(7-9-19)39-33(41)28-21-14-22(29(28)34(39)42)30-27(21)26(31-32(49-30)38-35(43)50-31)16-3-12-23(24(13-16)47-2)48-15-25(40)37-17-4-10-20(11-5-17)51(36,44)45/h3-13,21-22,26-30H,14-15H2,1-2H3,(H,37,40)(H,38,43)(H2,36,44,45)/t21?,22?,26-,27?,28?,29?,30?/m1/s1. The number of imide groups is 1. The second-order valence-electron chi connectivity index (χ2n) is 13.0. The number of hydrogen-bond acceptors (Lipinski definition) is 11. The van der Waals surface area contributed by atoms with Crippen LogP contribution >= 0.6 is 23.1 Å². The highest BCUT2D eigenvalue weighted by Gasteiger charge is 2.69. The summed E-state index contributed by atoms with van der Waals surface area (Å²) in [5, 5.41) is 8.59. The van der Waals surface area contributed by atoms with Gasteiger partial charge < -0.3 is 24.5 Å². The van der Waals surface area contributed by atoms with Crippen LogP contribution in [0.4, 0.5) is 11.4 Å². The normalized spacial score (nSPS) is 26.0. The molecule has 2 aliphatic heterocycles. The fourth-order valence-electron chi connectivity index (χ4n) is 8.44. The number of aromatic amines is 1. The van der Waals surface area contributed by atoms with Gasteiger partial charge in [0, 0.05) is 21.7 Å². The number of nitrogens with two attached hydrogens (primary N) is 1. The molecular formula is C35H32N4O9S3. The SMILES string of the molecule is COc1ccc(N2C(=O)C3C4CC(C3C2=O)C2C4Sc3[nH]c(=O)sc3[C@@H]2c2ccc(OCC(=O)Nc3ccc(S(N)(=O)=O)cc3)c(OC)c2)cc1. The highest BCUT2D eigenvalue weighted by atomic mass is 32.2. The predicted molar refractivity (Wildman–Crippen MR) is 189 cm³/mol. The van der Waals surface area contributed by atoms with E-state index in [1.54, 1.807) is 49.2 Å². The molecular weight excluding hydrogens is 717 g/mol. The number of benzene rings is 3. The van der Waals surface area contributed by atoms with E-state index in [4.69, 9.17) is 19.3 Å². The van der Waals surface area contributed by atoms with E-state index in [1.165, 1.54) is 36.3 Å². The van der Waals surface area contributed by atoms with Gasteiger partial charge in [-0.25, -0.2) is 13.6 Å². The molecule has 4 aliphatic rings. The van der Waals surface area contributed by atoms with E-state index in [0.29, 0.717) is 28.6 Å². The van der Waals surface area contributed by atoms with Crippen molar-refractivity contribution in [2.24, 2.45) is 34.7 Å². The van der Waals surface area contributed by atoms with Gasteiger partial charge in [-0.3, -0.25) is 24.1 Å². The van der Waals surface area contributed by atoms with Crippen LogP contribution in [0.1, 0.15) is 22.8 Å². The molecule has 2 saturated carbocycles. The number of aromatic nitrogens is 1.